The van der Waals surface area contributed by atoms with Crippen molar-refractivity contribution in [2.45, 2.75) is 19.8 Å². The summed E-state index contributed by atoms with van der Waals surface area (Å²) in [5, 5.41) is 9.97. The Bertz CT molecular complexity index is 614. The van der Waals surface area contributed by atoms with Crippen molar-refractivity contribution in [3.05, 3.63) is 35.0 Å². The molecule has 1 N–H and O–H groups in total. The first-order valence-corrected chi connectivity index (χ1v) is 5.97. The highest BCUT2D eigenvalue weighted by atomic mass is 16.3. The summed E-state index contributed by atoms with van der Waals surface area (Å²) in [4.78, 5) is 18.0. The predicted octanol–water partition coefficient (Wildman–Crippen LogP) is 1.94. The number of aliphatic imine (C=N–C) groups is 1. The van der Waals surface area contributed by atoms with E-state index in [0.29, 0.717) is 11.5 Å². The average Bonchev–Trinajstić information content (AvgIpc) is 2.88. The summed E-state index contributed by atoms with van der Waals surface area (Å²) in [6, 6.07) is 5.48. The number of fused-ring (bicyclic) bond motifs is 1. The number of carbonyl (C=O) groups excluding carboxylic acids is 1. The Labute approximate surface area is 105 Å². The first-order chi connectivity index (χ1) is 8.59. The zero-order valence-corrected chi connectivity index (χ0v) is 10.4. The number of aromatic hydroxyl groups is 1. The second-order valence-corrected chi connectivity index (χ2v) is 4.66. The molecule has 2 aliphatic rings. The van der Waals surface area contributed by atoms with Crippen LogP contribution in [0.15, 0.2) is 28.9 Å². The molecule has 1 aliphatic heterocycles. The summed E-state index contributed by atoms with van der Waals surface area (Å²) < 4.78 is 0. The molecule has 3 rings (SSSR count). The van der Waals surface area contributed by atoms with E-state index in [-0.39, 0.29) is 11.7 Å². The van der Waals surface area contributed by atoms with E-state index in [2.05, 4.69) is 4.99 Å². The summed E-state index contributed by atoms with van der Waals surface area (Å²) in [6.45, 7) is 1.81. The van der Waals surface area contributed by atoms with Crippen LogP contribution in [0.25, 0.3) is 5.57 Å². The molecule has 0 bridgehead atoms. The van der Waals surface area contributed by atoms with Gasteiger partial charge in [-0.1, -0.05) is 12.1 Å². The molecule has 0 spiro atoms. The van der Waals surface area contributed by atoms with Crippen LogP contribution in [0.3, 0.4) is 0 Å². The van der Waals surface area contributed by atoms with E-state index in [9.17, 15) is 9.90 Å². The number of hydrogen-bond acceptors (Lipinski definition) is 3. The monoisotopic (exact) mass is 242 g/mol. The molecule has 0 radical (unpaired) electrons. The third-order valence-corrected chi connectivity index (χ3v) is 3.63. The standard InChI is InChI=1S/C14H14N2O2/c1-8-15-13(14(18)16(8)2)10-7-6-9-4-3-5-11(17)12(9)10/h3-5,17H,6-7H2,1-2H3/b13-10+. The van der Waals surface area contributed by atoms with Gasteiger partial charge in [0, 0.05) is 12.6 Å². The second-order valence-electron chi connectivity index (χ2n) is 4.66. The van der Waals surface area contributed by atoms with Gasteiger partial charge in [-0.15, -0.1) is 0 Å². The molecule has 0 fully saturated rings. The molecule has 0 unspecified atom stereocenters. The van der Waals surface area contributed by atoms with Crippen LogP contribution in [0.2, 0.25) is 0 Å². The number of hydrogen-bond donors (Lipinski definition) is 1. The van der Waals surface area contributed by atoms with Gasteiger partial charge in [0.15, 0.2) is 0 Å². The Morgan fingerprint density at radius 3 is 2.78 bits per heavy atom. The number of phenolic OH excluding ortho intramolecular Hbond substituents is 1. The number of phenols is 1. The first-order valence-electron chi connectivity index (χ1n) is 5.97. The van der Waals surface area contributed by atoms with Crippen LogP contribution in [0.1, 0.15) is 24.5 Å². The lowest BCUT2D eigenvalue weighted by atomic mass is 10.0. The van der Waals surface area contributed by atoms with Crippen LogP contribution in [-0.4, -0.2) is 28.8 Å². The number of carbonyl (C=O) groups is 1. The number of rotatable bonds is 0. The summed E-state index contributed by atoms with van der Waals surface area (Å²) in [6.07, 6.45) is 1.62. The minimum Gasteiger partial charge on any atom is -0.507 e. The van der Waals surface area contributed by atoms with Gasteiger partial charge in [0.25, 0.3) is 5.91 Å². The minimum atomic E-state index is -0.0846. The smallest absolute Gasteiger partial charge is 0.277 e. The van der Waals surface area contributed by atoms with Crippen LogP contribution in [0, 0.1) is 0 Å². The third kappa shape index (κ3) is 1.38. The molecule has 18 heavy (non-hydrogen) atoms. The fraction of sp³-hybridized carbons (Fsp3) is 0.286. The van der Waals surface area contributed by atoms with Crippen molar-refractivity contribution in [3.8, 4) is 5.75 Å². The molecular formula is C14H14N2O2. The largest absolute Gasteiger partial charge is 0.507 e. The molecule has 0 saturated carbocycles. The summed E-state index contributed by atoms with van der Waals surface area (Å²) in [5.41, 5.74) is 3.24. The summed E-state index contributed by atoms with van der Waals surface area (Å²) >= 11 is 0. The molecule has 1 heterocycles. The molecule has 0 atom stereocenters. The summed E-state index contributed by atoms with van der Waals surface area (Å²) in [5.74, 6) is 0.854. The zero-order valence-electron chi connectivity index (χ0n) is 10.4. The number of amidine groups is 1. The van der Waals surface area contributed by atoms with Crippen molar-refractivity contribution in [1.82, 2.24) is 4.90 Å². The molecule has 1 aliphatic carbocycles. The average molecular weight is 242 g/mol. The van der Waals surface area contributed by atoms with E-state index in [1.165, 1.54) is 0 Å². The molecule has 0 aromatic heterocycles. The molecular weight excluding hydrogens is 228 g/mol. The highest BCUT2D eigenvalue weighted by Crippen LogP contribution is 2.41. The van der Waals surface area contributed by atoms with E-state index in [0.717, 1.165) is 29.5 Å². The van der Waals surface area contributed by atoms with Gasteiger partial charge in [-0.05, 0) is 37.0 Å². The molecule has 1 aromatic carbocycles. The van der Waals surface area contributed by atoms with Crippen LogP contribution < -0.4 is 0 Å². The van der Waals surface area contributed by atoms with Crippen molar-refractivity contribution in [3.63, 3.8) is 0 Å². The van der Waals surface area contributed by atoms with Crippen molar-refractivity contribution in [2.75, 3.05) is 7.05 Å². The van der Waals surface area contributed by atoms with E-state index in [4.69, 9.17) is 0 Å². The quantitative estimate of drug-likeness (QED) is 0.707. The second kappa shape index (κ2) is 3.70. The van der Waals surface area contributed by atoms with Crippen molar-refractivity contribution in [2.24, 2.45) is 4.99 Å². The Hall–Kier alpha value is -2.10. The number of nitrogens with zero attached hydrogens (tertiary/aromatic N) is 2. The number of likely N-dealkylation sites (N-methyl/N-ethyl adjacent to an activating group) is 1. The van der Waals surface area contributed by atoms with Gasteiger partial charge in [0.05, 0.1) is 0 Å². The maximum absolute atomic E-state index is 12.1. The van der Waals surface area contributed by atoms with Crippen molar-refractivity contribution in [1.29, 1.82) is 0 Å². The van der Waals surface area contributed by atoms with Gasteiger partial charge < -0.3 is 5.11 Å². The van der Waals surface area contributed by atoms with Crippen molar-refractivity contribution < 1.29 is 9.90 Å². The maximum atomic E-state index is 12.1. The fourth-order valence-corrected chi connectivity index (χ4v) is 2.55. The van der Waals surface area contributed by atoms with Gasteiger partial charge >= 0.3 is 0 Å². The predicted molar refractivity (Wildman–Crippen MR) is 69.2 cm³/mol. The molecule has 1 aromatic rings. The van der Waals surface area contributed by atoms with E-state index >= 15 is 0 Å². The highest BCUT2D eigenvalue weighted by molar-refractivity contribution is 6.15. The summed E-state index contributed by atoms with van der Waals surface area (Å²) in [7, 11) is 1.72. The van der Waals surface area contributed by atoms with Crippen LogP contribution in [0.5, 0.6) is 5.75 Å². The Balaban J connectivity index is 2.21. The van der Waals surface area contributed by atoms with Gasteiger partial charge in [-0.25, -0.2) is 4.99 Å². The number of amides is 1. The van der Waals surface area contributed by atoms with Crippen LogP contribution in [-0.2, 0) is 11.2 Å². The molecule has 4 heteroatoms. The SMILES string of the molecule is CC1=N/C(=C2\CCc3cccc(O)c32)C(=O)N1C. The normalized spacial score (nSPS) is 22.4. The van der Waals surface area contributed by atoms with Gasteiger partial charge in [0.1, 0.15) is 17.3 Å². The molecule has 0 saturated heterocycles. The number of benzene rings is 1. The fourth-order valence-electron chi connectivity index (χ4n) is 2.55. The van der Waals surface area contributed by atoms with E-state index < -0.39 is 0 Å². The van der Waals surface area contributed by atoms with Gasteiger partial charge in [0.2, 0.25) is 0 Å². The van der Waals surface area contributed by atoms with Crippen molar-refractivity contribution >= 4 is 17.3 Å². The maximum Gasteiger partial charge on any atom is 0.277 e. The first kappa shape index (κ1) is 11.0. The Kier molecular flexibility index (Phi) is 2.26. The van der Waals surface area contributed by atoms with Gasteiger partial charge in [-0.2, -0.15) is 0 Å². The molecule has 92 valence electrons. The zero-order chi connectivity index (χ0) is 12.9. The lowest BCUT2D eigenvalue weighted by Gasteiger charge is -2.08. The molecule has 4 nitrogen and oxygen atoms in total. The lowest BCUT2D eigenvalue weighted by Crippen LogP contribution is -2.25. The number of aryl methyl sites for hydroxylation is 1. The highest BCUT2D eigenvalue weighted by Gasteiger charge is 2.31. The van der Waals surface area contributed by atoms with Crippen LogP contribution >= 0.6 is 0 Å². The molecule has 1 amide bonds. The third-order valence-electron chi connectivity index (χ3n) is 3.63. The van der Waals surface area contributed by atoms with E-state index in [1.807, 2.05) is 19.1 Å². The van der Waals surface area contributed by atoms with E-state index in [1.54, 1.807) is 18.0 Å². The number of allylic oxidation sites excluding steroid dienone is 1. The Morgan fingerprint density at radius 2 is 2.11 bits per heavy atom. The lowest BCUT2D eigenvalue weighted by molar-refractivity contribution is -0.121. The minimum absolute atomic E-state index is 0.0846. The van der Waals surface area contributed by atoms with Gasteiger partial charge in [-0.3, -0.25) is 9.69 Å². The van der Waals surface area contributed by atoms with Crippen LogP contribution in [0.4, 0.5) is 0 Å². The topological polar surface area (TPSA) is 52.9 Å². The Morgan fingerprint density at radius 1 is 1.33 bits per heavy atom.